The van der Waals surface area contributed by atoms with Crippen molar-refractivity contribution in [1.29, 1.82) is 0 Å². The Morgan fingerprint density at radius 1 is 1.33 bits per heavy atom. The molecule has 3 N–H and O–H groups in total. The van der Waals surface area contributed by atoms with Gasteiger partial charge in [0, 0.05) is 29.0 Å². The summed E-state index contributed by atoms with van der Waals surface area (Å²) in [5.74, 6) is -0.408. The molecule has 0 spiro atoms. The summed E-state index contributed by atoms with van der Waals surface area (Å²) in [7, 11) is 0. The molecule has 0 fully saturated rings. The lowest BCUT2D eigenvalue weighted by molar-refractivity contribution is -0.104. The number of hydrogen-bond acceptors (Lipinski definition) is 4. The van der Waals surface area contributed by atoms with Gasteiger partial charge in [-0.2, -0.15) is 0 Å². The number of aldehydes is 1. The molecule has 30 heavy (non-hydrogen) atoms. The molecule has 2 rings (SSSR count). The molecule has 0 saturated heterocycles. The average Bonchev–Trinajstić information content (AvgIpc) is 2.90. The van der Waals surface area contributed by atoms with Crippen LogP contribution in [0.3, 0.4) is 0 Å². The second-order valence-electron chi connectivity index (χ2n) is 6.64. The van der Waals surface area contributed by atoms with E-state index in [4.69, 9.17) is 17.3 Å². The van der Waals surface area contributed by atoms with Crippen molar-refractivity contribution < 1.29 is 13.6 Å². The Morgan fingerprint density at radius 3 is 2.73 bits per heavy atom. The Balaban J connectivity index is 2.68. The molecule has 1 aromatic rings. The minimum atomic E-state index is -0.457. The van der Waals surface area contributed by atoms with Crippen LogP contribution in [0.25, 0.3) is 0 Å². The van der Waals surface area contributed by atoms with Crippen LogP contribution in [-0.4, -0.2) is 12.2 Å². The van der Waals surface area contributed by atoms with E-state index < -0.39 is 11.6 Å². The van der Waals surface area contributed by atoms with E-state index in [0.717, 1.165) is 5.57 Å². The summed E-state index contributed by atoms with van der Waals surface area (Å²) in [5, 5.41) is 3.06. The molecule has 0 unspecified atom stereocenters. The van der Waals surface area contributed by atoms with E-state index in [9.17, 15) is 13.6 Å². The lowest BCUT2D eigenvalue weighted by Crippen LogP contribution is -2.32. The predicted octanol–water partition coefficient (Wildman–Crippen LogP) is 5.33. The maximum Gasteiger partial charge on any atom is 0.146 e. The number of nitrogens with two attached hydrogens (primary N) is 1. The molecule has 158 valence electrons. The summed E-state index contributed by atoms with van der Waals surface area (Å²) >= 11 is 6.09. The molecule has 1 aromatic carbocycles. The molecule has 0 radical (unpaired) electrons. The smallest absolute Gasteiger partial charge is 0.146 e. The Kier molecular flexibility index (Phi) is 8.62. The van der Waals surface area contributed by atoms with Gasteiger partial charge >= 0.3 is 0 Å². The summed E-state index contributed by atoms with van der Waals surface area (Å²) in [5.41, 5.74) is 8.57. The molecule has 0 saturated carbocycles. The topological polar surface area (TPSA) is 58.4 Å². The highest BCUT2D eigenvalue weighted by Crippen LogP contribution is 2.28. The first-order valence-electron chi connectivity index (χ1n) is 9.27. The summed E-state index contributed by atoms with van der Waals surface area (Å²) in [4.78, 5) is 13.1. The highest BCUT2D eigenvalue weighted by molar-refractivity contribution is 6.19. The number of anilines is 1. The van der Waals surface area contributed by atoms with Gasteiger partial charge in [-0.15, -0.1) is 11.6 Å². The first-order valence-corrected chi connectivity index (χ1v) is 9.80. The fraction of sp³-hybridized carbons (Fsp3) is 0.174. The maximum atomic E-state index is 14.1. The van der Waals surface area contributed by atoms with Crippen molar-refractivity contribution in [3.05, 3.63) is 101 Å². The number of alkyl halides is 1. The number of nitrogens with zero attached hydrogens (tertiary/aromatic N) is 1. The minimum Gasteiger partial charge on any atom is -0.402 e. The Hall–Kier alpha value is -3.12. The fourth-order valence-corrected chi connectivity index (χ4v) is 2.92. The minimum absolute atomic E-state index is 0.180. The monoisotopic (exact) mass is 431 g/mol. The zero-order valence-electron chi connectivity index (χ0n) is 16.8. The third-order valence-electron chi connectivity index (χ3n) is 4.09. The molecule has 0 aliphatic heterocycles. The van der Waals surface area contributed by atoms with Crippen LogP contribution in [0, 0.1) is 5.82 Å². The highest BCUT2D eigenvalue weighted by atomic mass is 35.5. The van der Waals surface area contributed by atoms with Gasteiger partial charge in [-0.25, -0.2) is 8.78 Å². The fourth-order valence-electron chi connectivity index (χ4n) is 2.78. The number of carbonyl (C=O) groups excluding carboxylic acids is 1. The lowest BCUT2D eigenvalue weighted by Gasteiger charge is -2.31. The van der Waals surface area contributed by atoms with Crippen molar-refractivity contribution in [3.8, 4) is 0 Å². The van der Waals surface area contributed by atoms with Crippen LogP contribution in [0.4, 0.5) is 14.5 Å². The van der Waals surface area contributed by atoms with Crippen molar-refractivity contribution >= 4 is 23.6 Å². The van der Waals surface area contributed by atoms with Gasteiger partial charge < -0.3 is 11.1 Å². The van der Waals surface area contributed by atoms with E-state index in [2.05, 4.69) is 5.32 Å². The molecule has 0 atom stereocenters. The largest absolute Gasteiger partial charge is 0.402 e. The molecule has 1 aliphatic rings. The van der Waals surface area contributed by atoms with Crippen LogP contribution >= 0.6 is 11.6 Å². The number of allylic oxidation sites excluding steroid dienone is 9. The normalized spacial score (nSPS) is 15.6. The van der Waals surface area contributed by atoms with Gasteiger partial charge in [-0.1, -0.05) is 12.1 Å². The number of nitrogens with one attached hydrogen (secondary N) is 1. The van der Waals surface area contributed by atoms with Gasteiger partial charge in [0.15, 0.2) is 0 Å². The number of carbonyl (C=O) groups is 1. The Bertz CT molecular complexity index is 970. The maximum absolute atomic E-state index is 14.1. The Labute approximate surface area is 180 Å². The molecule has 7 heteroatoms. The summed E-state index contributed by atoms with van der Waals surface area (Å²) in [6.45, 7) is 3.51. The van der Waals surface area contributed by atoms with E-state index in [-0.39, 0.29) is 11.7 Å². The van der Waals surface area contributed by atoms with Crippen LogP contribution < -0.4 is 16.0 Å². The summed E-state index contributed by atoms with van der Waals surface area (Å²) in [6.07, 6.45) is 10.2. The molecule has 4 nitrogen and oxygen atoms in total. The van der Waals surface area contributed by atoms with E-state index in [0.29, 0.717) is 35.5 Å². The summed E-state index contributed by atoms with van der Waals surface area (Å²) in [6, 6.07) is 5.87. The van der Waals surface area contributed by atoms with Gasteiger partial charge in [0.1, 0.15) is 23.8 Å². The van der Waals surface area contributed by atoms with E-state index in [1.54, 1.807) is 49.1 Å². The number of benzene rings is 1. The van der Waals surface area contributed by atoms with Crippen LogP contribution in [-0.2, 0) is 4.79 Å². The second kappa shape index (κ2) is 11.2. The number of rotatable bonds is 8. The average molecular weight is 432 g/mol. The molecular formula is C23H24ClF2N3O. The SMILES string of the molecule is C/C(N)=C/C(=C(/C)CCl)N(/C(=C\C=O)NC1=CC(F)=CCC=C1)c1cccc(F)c1. The van der Waals surface area contributed by atoms with Crippen LogP contribution in [0.2, 0.25) is 0 Å². The molecule has 0 aromatic heterocycles. The van der Waals surface area contributed by atoms with Crippen LogP contribution in [0.15, 0.2) is 95.0 Å². The van der Waals surface area contributed by atoms with Gasteiger partial charge in [0.05, 0.1) is 5.69 Å². The lowest BCUT2D eigenvalue weighted by atomic mass is 10.1. The van der Waals surface area contributed by atoms with Crippen molar-refractivity contribution in [3.63, 3.8) is 0 Å². The standard InChI is InChI=1S/C23H24ClF2N3O/c1-16(15-24)22(12-17(2)27)29(21-9-5-7-19(26)14-21)23(10-11-30)28-20-8-4-3-6-18(25)13-20/h4-14,28H,3,15,27H2,1-2H3/b17-12-,22-16+,23-10-. The van der Waals surface area contributed by atoms with Crippen LogP contribution in [0.1, 0.15) is 20.3 Å². The molecular weight excluding hydrogens is 408 g/mol. The third-order valence-corrected chi connectivity index (χ3v) is 4.49. The van der Waals surface area contributed by atoms with E-state index >= 15 is 0 Å². The van der Waals surface area contributed by atoms with Crippen LogP contribution in [0.5, 0.6) is 0 Å². The van der Waals surface area contributed by atoms with E-state index in [1.807, 2.05) is 0 Å². The molecule has 0 amide bonds. The number of hydrogen-bond donors (Lipinski definition) is 2. The van der Waals surface area contributed by atoms with Gasteiger partial charge in [-0.05, 0) is 68.3 Å². The highest BCUT2D eigenvalue weighted by Gasteiger charge is 2.19. The third kappa shape index (κ3) is 6.46. The zero-order chi connectivity index (χ0) is 22.1. The molecule has 0 bridgehead atoms. The van der Waals surface area contributed by atoms with Crippen molar-refractivity contribution in [2.45, 2.75) is 20.3 Å². The molecule has 1 aliphatic carbocycles. The van der Waals surface area contributed by atoms with Gasteiger partial charge in [-0.3, -0.25) is 9.69 Å². The first kappa shape index (κ1) is 23.2. The van der Waals surface area contributed by atoms with Gasteiger partial charge in [0.25, 0.3) is 0 Å². The van der Waals surface area contributed by atoms with Crippen molar-refractivity contribution in [1.82, 2.24) is 5.32 Å². The van der Waals surface area contributed by atoms with Gasteiger partial charge in [0.2, 0.25) is 0 Å². The first-order chi connectivity index (χ1) is 14.3. The Morgan fingerprint density at radius 2 is 2.10 bits per heavy atom. The summed E-state index contributed by atoms with van der Waals surface area (Å²) < 4.78 is 28.0. The quantitative estimate of drug-likeness (QED) is 0.252. The number of halogens is 3. The molecule has 0 heterocycles. The van der Waals surface area contributed by atoms with Crippen molar-refractivity contribution in [2.24, 2.45) is 5.73 Å². The zero-order valence-corrected chi connectivity index (χ0v) is 17.6. The van der Waals surface area contributed by atoms with E-state index in [1.165, 1.54) is 30.4 Å². The predicted molar refractivity (Wildman–Crippen MR) is 119 cm³/mol. The second-order valence-corrected chi connectivity index (χ2v) is 6.91. The van der Waals surface area contributed by atoms with Crippen molar-refractivity contribution in [2.75, 3.05) is 10.8 Å².